The van der Waals surface area contributed by atoms with E-state index in [2.05, 4.69) is 118 Å². The van der Waals surface area contributed by atoms with Gasteiger partial charge in [-0.15, -0.1) is 0 Å². The molecular weight excluding hydrogens is 949 g/mol. The molecule has 0 saturated heterocycles. The molecule has 0 aromatic carbocycles. The summed E-state index contributed by atoms with van der Waals surface area (Å²) in [5.74, 6) is -0.900. The Labute approximate surface area is 477 Å². The van der Waals surface area contributed by atoms with Crippen LogP contribution in [0.3, 0.4) is 0 Å². The van der Waals surface area contributed by atoms with E-state index >= 15 is 0 Å². The van der Waals surface area contributed by atoms with Crippen LogP contribution in [0.15, 0.2) is 97.2 Å². The Morgan fingerprint density at radius 2 is 0.506 bits per heavy atom. The summed E-state index contributed by atoms with van der Waals surface area (Å²) in [7, 11) is 0. The Morgan fingerprint density at radius 1 is 0.273 bits per heavy atom. The molecule has 6 nitrogen and oxygen atoms in total. The molecule has 0 bridgehead atoms. The molecule has 0 aliphatic rings. The summed E-state index contributed by atoms with van der Waals surface area (Å²) in [4.78, 5) is 38.4. The lowest BCUT2D eigenvalue weighted by Gasteiger charge is -2.18. The maximum atomic E-state index is 12.9. The zero-order chi connectivity index (χ0) is 55.7. The van der Waals surface area contributed by atoms with E-state index in [1.165, 1.54) is 161 Å². The Kier molecular flexibility index (Phi) is 61.8. The first-order valence-corrected chi connectivity index (χ1v) is 32.7. The third kappa shape index (κ3) is 63.0. The van der Waals surface area contributed by atoms with E-state index in [1.807, 2.05) is 0 Å². The standard InChI is InChI=1S/C71H122O6/c1-4-7-10-13-16-19-22-25-28-30-32-33-34-35-36-37-39-40-43-46-49-52-55-58-61-64-70(73)76-67-68(66-75-69(72)63-60-57-54-51-48-45-42-27-24-21-18-15-12-9-6-3)77-71(74)65-62-59-56-53-50-47-44-41-38-31-29-26-23-20-17-14-11-8-5-2/h7,10,16,19,25-29,32-33,35-36,39-40,42,68H,4-6,8-9,11-15,17-18,20-24,30-31,34,37-38,41,43-67H2,1-3H3/b10-7-,19-16-,28-25-,29-26-,33-32-,36-35-,40-39-,42-27-. The molecule has 0 amide bonds. The van der Waals surface area contributed by atoms with Gasteiger partial charge < -0.3 is 14.2 Å². The molecule has 0 aliphatic heterocycles. The molecule has 0 N–H and O–H groups in total. The highest BCUT2D eigenvalue weighted by atomic mass is 16.6. The fourth-order valence-corrected chi connectivity index (χ4v) is 9.14. The van der Waals surface area contributed by atoms with Gasteiger partial charge in [0.05, 0.1) is 0 Å². The predicted octanol–water partition coefficient (Wildman–Crippen LogP) is 22.4. The Balaban J connectivity index is 4.39. The fraction of sp³-hybridized carbons (Fsp3) is 0.732. The highest BCUT2D eigenvalue weighted by Crippen LogP contribution is 2.16. The molecule has 442 valence electrons. The molecule has 0 radical (unpaired) electrons. The van der Waals surface area contributed by atoms with Gasteiger partial charge in [0.25, 0.3) is 0 Å². The van der Waals surface area contributed by atoms with Gasteiger partial charge in [0.2, 0.25) is 0 Å². The molecule has 0 rings (SSSR count). The smallest absolute Gasteiger partial charge is 0.306 e. The van der Waals surface area contributed by atoms with E-state index in [1.54, 1.807) is 0 Å². The van der Waals surface area contributed by atoms with Gasteiger partial charge in [-0.2, -0.15) is 0 Å². The maximum Gasteiger partial charge on any atom is 0.306 e. The topological polar surface area (TPSA) is 78.9 Å². The summed E-state index contributed by atoms with van der Waals surface area (Å²) < 4.78 is 16.9. The van der Waals surface area contributed by atoms with Crippen LogP contribution in [0.2, 0.25) is 0 Å². The van der Waals surface area contributed by atoms with Gasteiger partial charge >= 0.3 is 17.9 Å². The molecule has 1 unspecified atom stereocenters. The van der Waals surface area contributed by atoms with Crippen molar-refractivity contribution in [2.75, 3.05) is 13.2 Å². The molecule has 1 atom stereocenters. The van der Waals surface area contributed by atoms with Crippen molar-refractivity contribution < 1.29 is 28.6 Å². The van der Waals surface area contributed by atoms with Gasteiger partial charge in [0.1, 0.15) is 13.2 Å². The van der Waals surface area contributed by atoms with Gasteiger partial charge in [0, 0.05) is 19.3 Å². The summed E-state index contributed by atoms with van der Waals surface area (Å²) in [5, 5.41) is 0. The van der Waals surface area contributed by atoms with Gasteiger partial charge in [-0.05, 0) is 122 Å². The first kappa shape index (κ1) is 73.3. The number of hydrogen-bond donors (Lipinski definition) is 0. The van der Waals surface area contributed by atoms with E-state index in [0.29, 0.717) is 19.3 Å². The first-order valence-electron chi connectivity index (χ1n) is 32.7. The minimum absolute atomic E-state index is 0.0863. The van der Waals surface area contributed by atoms with E-state index in [4.69, 9.17) is 14.2 Å². The SMILES string of the molecule is CC/C=C\C/C=C\C/C=C\C/C=C\C/C=C\C/C=C\CCCCCCCCC(=O)OCC(COC(=O)CCCCCCC/C=C\CCCCCCCC)OC(=O)CCCCCCCCCCC/C=C\CCCCCCCC. The zero-order valence-corrected chi connectivity index (χ0v) is 50.7. The molecule has 77 heavy (non-hydrogen) atoms. The molecular formula is C71H122O6. The number of carbonyl (C=O) groups is 3. The van der Waals surface area contributed by atoms with Gasteiger partial charge in [-0.3, -0.25) is 14.4 Å². The van der Waals surface area contributed by atoms with Crippen LogP contribution in [-0.2, 0) is 28.6 Å². The van der Waals surface area contributed by atoms with Gasteiger partial charge in [-0.25, -0.2) is 0 Å². The number of hydrogen-bond acceptors (Lipinski definition) is 6. The van der Waals surface area contributed by atoms with Crippen LogP contribution in [0, 0.1) is 0 Å². The molecule has 0 aromatic heterocycles. The minimum atomic E-state index is -0.790. The molecule has 0 saturated carbocycles. The quantitative estimate of drug-likeness (QED) is 0.0261. The average molecular weight is 1070 g/mol. The van der Waals surface area contributed by atoms with E-state index in [9.17, 15) is 14.4 Å². The van der Waals surface area contributed by atoms with Crippen molar-refractivity contribution in [1.82, 2.24) is 0 Å². The molecule has 6 heteroatoms. The average Bonchev–Trinajstić information content (AvgIpc) is 3.43. The van der Waals surface area contributed by atoms with Gasteiger partial charge in [-0.1, -0.05) is 272 Å². The van der Waals surface area contributed by atoms with Crippen molar-refractivity contribution in [2.45, 2.75) is 322 Å². The first-order chi connectivity index (χ1) is 38.0. The van der Waals surface area contributed by atoms with Crippen LogP contribution in [0.25, 0.3) is 0 Å². The van der Waals surface area contributed by atoms with Crippen LogP contribution in [0.5, 0.6) is 0 Å². The van der Waals surface area contributed by atoms with Crippen LogP contribution in [-0.4, -0.2) is 37.2 Å². The van der Waals surface area contributed by atoms with E-state index in [-0.39, 0.29) is 31.1 Å². The van der Waals surface area contributed by atoms with Crippen molar-refractivity contribution in [3.63, 3.8) is 0 Å². The zero-order valence-electron chi connectivity index (χ0n) is 50.7. The van der Waals surface area contributed by atoms with Crippen molar-refractivity contribution in [3.05, 3.63) is 97.2 Å². The molecule has 0 aromatic rings. The predicted molar refractivity (Wildman–Crippen MR) is 334 cm³/mol. The maximum absolute atomic E-state index is 12.9. The van der Waals surface area contributed by atoms with Crippen LogP contribution in [0.1, 0.15) is 316 Å². The minimum Gasteiger partial charge on any atom is -0.462 e. The summed E-state index contributed by atoms with van der Waals surface area (Å²) in [5.41, 5.74) is 0. The Bertz CT molecular complexity index is 1510. The summed E-state index contributed by atoms with van der Waals surface area (Å²) in [6.45, 7) is 6.53. The number of ether oxygens (including phenoxy) is 3. The monoisotopic (exact) mass is 1070 g/mol. The summed E-state index contributed by atoms with van der Waals surface area (Å²) in [6.07, 6.45) is 86.9. The lowest BCUT2D eigenvalue weighted by atomic mass is 10.1. The Hall–Kier alpha value is -3.67. The van der Waals surface area contributed by atoms with Crippen LogP contribution < -0.4 is 0 Å². The van der Waals surface area contributed by atoms with Crippen molar-refractivity contribution in [3.8, 4) is 0 Å². The van der Waals surface area contributed by atoms with E-state index in [0.717, 1.165) is 116 Å². The number of rotatable bonds is 59. The Morgan fingerprint density at radius 3 is 0.805 bits per heavy atom. The second-order valence-corrected chi connectivity index (χ2v) is 21.6. The lowest BCUT2D eigenvalue weighted by molar-refractivity contribution is -0.167. The van der Waals surface area contributed by atoms with Crippen molar-refractivity contribution in [1.29, 1.82) is 0 Å². The fourth-order valence-electron chi connectivity index (χ4n) is 9.14. The van der Waals surface area contributed by atoms with E-state index < -0.39 is 6.10 Å². The highest BCUT2D eigenvalue weighted by Gasteiger charge is 2.19. The molecule has 0 heterocycles. The third-order valence-corrected chi connectivity index (χ3v) is 14.0. The number of esters is 3. The lowest BCUT2D eigenvalue weighted by Crippen LogP contribution is -2.30. The normalized spacial score (nSPS) is 12.7. The molecule has 0 aliphatic carbocycles. The number of carbonyl (C=O) groups excluding carboxylic acids is 3. The molecule has 0 spiro atoms. The van der Waals surface area contributed by atoms with Gasteiger partial charge in [0.15, 0.2) is 6.10 Å². The van der Waals surface area contributed by atoms with Crippen molar-refractivity contribution >= 4 is 17.9 Å². The summed E-state index contributed by atoms with van der Waals surface area (Å²) in [6, 6.07) is 0. The largest absolute Gasteiger partial charge is 0.462 e. The summed E-state index contributed by atoms with van der Waals surface area (Å²) >= 11 is 0. The number of allylic oxidation sites excluding steroid dienone is 16. The second-order valence-electron chi connectivity index (χ2n) is 21.6. The van der Waals surface area contributed by atoms with Crippen molar-refractivity contribution in [2.24, 2.45) is 0 Å². The third-order valence-electron chi connectivity index (χ3n) is 14.0. The highest BCUT2D eigenvalue weighted by molar-refractivity contribution is 5.71. The van der Waals surface area contributed by atoms with Crippen LogP contribution >= 0.6 is 0 Å². The second kappa shape index (κ2) is 64.9. The molecule has 0 fully saturated rings. The number of unbranched alkanes of at least 4 members (excludes halogenated alkanes) is 32. The van der Waals surface area contributed by atoms with Crippen LogP contribution in [0.4, 0.5) is 0 Å².